The molecular weight excluding hydrogens is 212 g/mol. The molecule has 0 aromatic rings. The van der Waals surface area contributed by atoms with Gasteiger partial charge in [-0.2, -0.15) is 0 Å². The molecule has 0 aliphatic heterocycles. The summed E-state index contributed by atoms with van der Waals surface area (Å²) in [5.74, 6) is 0.248. The maximum atomic E-state index is 11.7. The molecule has 1 amide bonds. The number of unbranched alkanes of at least 4 members (excludes halogenated alkanes) is 1. The van der Waals surface area contributed by atoms with Gasteiger partial charge in [0.2, 0.25) is 5.91 Å². The maximum absolute atomic E-state index is 11.7. The average Bonchev–Trinajstić information content (AvgIpc) is 2.16. The first kappa shape index (κ1) is 17.1. The highest BCUT2D eigenvalue weighted by Gasteiger charge is 2.10. The van der Waals surface area contributed by atoms with E-state index in [1.54, 1.807) is 0 Å². The van der Waals surface area contributed by atoms with E-state index in [4.69, 9.17) is 5.73 Å². The standard InChI is InChI=1S/C11H24N2O.ClH/c1-4-6-9-13(5-2)11(14)8-7-10(3)12;/h10H,4-9,12H2,1-3H3;1H. The Labute approximate surface area is 99.8 Å². The Bertz CT molecular complexity index is 163. The third-order valence-electron chi connectivity index (χ3n) is 2.33. The molecule has 4 heteroatoms. The summed E-state index contributed by atoms with van der Waals surface area (Å²) < 4.78 is 0. The second kappa shape index (κ2) is 10.2. The van der Waals surface area contributed by atoms with Crippen LogP contribution in [0.5, 0.6) is 0 Å². The van der Waals surface area contributed by atoms with Gasteiger partial charge in [0.1, 0.15) is 0 Å². The molecule has 0 aromatic carbocycles. The fourth-order valence-electron chi connectivity index (χ4n) is 1.32. The van der Waals surface area contributed by atoms with Crippen LogP contribution in [0.3, 0.4) is 0 Å². The third kappa shape index (κ3) is 8.70. The summed E-state index contributed by atoms with van der Waals surface area (Å²) in [5, 5.41) is 0. The Morgan fingerprint density at radius 3 is 2.40 bits per heavy atom. The lowest BCUT2D eigenvalue weighted by Gasteiger charge is -2.20. The molecule has 15 heavy (non-hydrogen) atoms. The Balaban J connectivity index is 0. The van der Waals surface area contributed by atoms with Crippen molar-refractivity contribution < 1.29 is 4.79 Å². The number of nitrogens with two attached hydrogens (primary N) is 1. The van der Waals surface area contributed by atoms with Crippen LogP contribution < -0.4 is 5.73 Å². The molecule has 0 saturated heterocycles. The average molecular weight is 237 g/mol. The van der Waals surface area contributed by atoms with E-state index in [1.165, 1.54) is 0 Å². The first-order chi connectivity index (χ1) is 6.61. The number of carbonyl (C=O) groups excluding carboxylic acids is 1. The molecule has 0 aliphatic carbocycles. The smallest absolute Gasteiger partial charge is 0.222 e. The lowest BCUT2D eigenvalue weighted by atomic mass is 10.2. The molecule has 0 fully saturated rings. The van der Waals surface area contributed by atoms with Crippen molar-refractivity contribution in [3.63, 3.8) is 0 Å². The van der Waals surface area contributed by atoms with Gasteiger partial charge in [0.05, 0.1) is 0 Å². The summed E-state index contributed by atoms with van der Waals surface area (Å²) in [6.45, 7) is 7.82. The van der Waals surface area contributed by atoms with E-state index in [0.717, 1.165) is 32.4 Å². The fraction of sp³-hybridized carbons (Fsp3) is 0.909. The number of carbonyl (C=O) groups is 1. The summed E-state index contributed by atoms with van der Waals surface area (Å²) >= 11 is 0. The van der Waals surface area contributed by atoms with E-state index >= 15 is 0 Å². The molecular formula is C11H25ClN2O. The molecule has 0 saturated carbocycles. The quantitative estimate of drug-likeness (QED) is 0.737. The van der Waals surface area contributed by atoms with Crippen molar-refractivity contribution >= 4 is 18.3 Å². The van der Waals surface area contributed by atoms with Crippen LogP contribution in [-0.2, 0) is 4.79 Å². The summed E-state index contributed by atoms with van der Waals surface area (Å²) in [5.41, 5.74) is 5.61. The highest BCUT2D eigenvalue weighted by atomic mass is 35.5. The van der Waals surface area contributed by atoms with Gasteiger partial charge >= 0.3 is 0 Å². The zero-order chi connectivity index (χ0) is 11.0. The molecule has 0 aromatic heterocycles. The number of nitrogens with zero attached hydrogens (tertiary/aromatic N) is 1. The third-order valence-corrected chi connectivity index (χ3v) is 2.33. The van der Waals surface area contributed by atoms with E-state index in [1.807, 2.05) is 18.7 Å². The van der Waals surface area contributed by atoms with Crippen molar-refractivity contribution in [2.75, 3.05) is 13.1 Å². The van der Waals surface area contributed by atoms with Crippen molar-refractivity contribution in [1.82, 2.24) is 4.90 Å². The van der Waals surface area contributed by atoms with Crippen LogP contribution in [0.2, 0.25) is 0 Å². The van der Waals surface area contributed by atoms with Crippen LogP contribution >= 0.6 is 12.4 Å². The van der Waals surface area contributed by atoms with Crippen LogP contribution in [0.25, 0.3) is 0 Å². The van der Waals surface area contributed by atoms with Crippen LogP contribution in [0.15, 0.2) is 0 Å². The summed E-state index contributed by atoms with van der Waals surface area (Å²) in [6.07, 6.45) is 3.62. The van der Waals surface area contributed by atoms with Gasteiger partial charge < -0.3 is 10.6 Å². The lowest BCUT2D eigenvalue weighted by molar-refractivity contribution is -0.131. The van der Waals surface area contributed by atoms with Gasteiger partial charge in [0.25, 0.3) is 0 Å². The predicted molar refractivity (Wildman–Crippen MR) is 67.3 cm³/mol. The number of hydrogen-bond donors (Lipinski definition) is 1. The van der Waals surface area contributed by atoms with Crippen LogP contribution in [0.4, 0.5) is 0 Å². The monoisotopic (exact) mass is 236 g/mol. The van der Waals surface area contributed by atoms with Crippen LogP contribution in [0, 0.1) is 0 Å². The van der Waals surface area contributed by atoms with Gasteiger partial charge in [-0.1, -0.05) is 13.3 Å². The second-order valence-electron chi connectivity index (χ2n) is 3.84. The number of rotatable bonds is 7. The predicted octanol–water partition coefficient (Wildman–Crippen LogP) is 2.18. The zero-order valence-electron chi connectivity index (χ0n) is 10.2. The molecule has 92 valence electrons. The SMILES string of the molecule is CCCCN(CC)C(=O)CCC(C)N.Cl. The van der Waals surface area contributed by atoms with Crippen molar-refractivity contribution in [2.24, 2.45) is 5.73 Å². The Kier molecular flexibility index (Phi) is 11.7. The topological polar surface area (TPSA) is 46.3 Å². The van der Waals surface area contributed by atoms with Crippen molar-refractivity contribution in [3.05, 3.63) is 0 Å². The zero-order valence-corrected chi connectivity index (χ0v) is 11.0. The summed E-state index contributed by atoms with van der Waals surface area (Å²) in [6, 6.07) is 0.129. The molecule has 1 atom stereocenters. The molecule has 0 rings (SSSR count). The summed E-state index contributed by atoms with van der Waals surface area (Å²) in [4.78, 5) is 13.6. The molecule has 0 spiro atoms. The highest BCUT2D eigenvalue weighted by molar-refractivity contribution is 5.85. The van der Waals surface area contributed by atoms with E-state index in [2.05, 4.69) is 6.92 Å². The first-order valence-corrected chi connectivity index (χ1v) is 5.65. The molecule has 0 bridgehead atoms. The first-order valence-electron chi connectivity index (χ1n) is 5.65. The molecule has 1 unspecified atom stereocenters. The van der Waals surface area contributed by atoms with Crippen molar-refractivity contribution in [2.45, 2.75) is 52.5 Å². The van der Waals surface area contributed by atoms with Gasteiger partial charge in [-0.3, -0.25) is 4.79 Å². The largest absolute Gasteiger partial charge is 0.343 e. The Hall–Kier alpha value is -0.280. The fourth-order valence-corrected chi connectivity index (χ4v) is 1.32. The van der Waals surface area contributed by atoms with Gasteiger partial charge in [-0.05, 0) is 26.7 Å². The molecule has 0 heterocycles. The highest BCUT2D eigenvalue weighted by Crippen LogP contribution is 2.02. The van der Waals surface area contributed by atoms with Gasteiger partial charge in [0, 0.05) is 25.6 Å². The summed E-state index contributed by atoms with van der Waals surface area (Å²) in [7, 11) is 0. The van der Waals surface area contributed by atoms with E-state index < -0.39 is 0 Å². The van der Waals surface area contributed by atoms with E-state index in [-0.39, 0.29) is 24.4 Å². The van der Waals surface area contributed by atoms with Crippen LogP contribution in [0.1, 0.15) is 46.5 Å². The number of hydrogen-bond acceptors (Lipinski definition) is 2. The maximum Gasteiger partial charge on any atom is 0.222 e. The Morgan fingerprint density at radius 2 is 2.00 bits per heavy atom. The lowest BCUT2D eigenvalue weighted by Crippen LogP contribution is -2.32. The van der Waals surface area contributed by atoms with Gasteiger partial charge in [-0.25, -0.2) is 0 Å². The second-order valence-corrected chi connectivity index (χ2v) is 3.84. The number of amides is 1. The van der Waals surface area contributed by atoms with Crippen LogP contribution in [-0.4, -0.2) is 29.9 Å². The minimum atomic E-state index is 0. The molecule has 3 nitrogen and oxygen atoms in total. The number of halogens is 1. The van der Waals surface area contributed by atoms with Crippen molar-refractivity contribution in [1.29, 1.82) is 0 Å². The minimum Gasteiger partial charge on any atom is -0.343 e. The molecule has 0 radical (unpaired) electrons. The molecule has 2 N–H and O–H groups in total. The van der Waals surface area contributed by atoms with E-state index in [0.29, 0.717) is 6.42 Å². The normalized spacial score (nSPS) is 11.7. The van der Waals surface area contributed by atoms with Gasteiger partial charge in [0.15, 0.2) is 0 Å². The van der Waals surface area contributed by atoms with E-state index in [9.17, 15) is 4.79 Å². The molecule has 0 aliphatic rings. The van der Waals surface area contributed by atoms with Gasteiger partial charge in [-0.15, -0.1) is 12.4 Å². The minimum absolute atomic E-state index is 0. The van der Waals surface area contributed by atoms with Crippen molar-refractivity contribution in [3.8, 4) is 0 Å². The Morgan fingerprint density at radius 1 is 1.40 bits per heavy atom.